The molecule has 3 heteroatoms. The van der Waals surface area contributed by atoms with Crippen LogP contribution in [-0.2, 0) is 20.1 Å². The maximum atomic E-state index is 4.40. The normalized spacial score (nSPS) is 10.0. The molecule has 0 fully saturated rings. The van der Waals surface area contributed by atoms with Crippen molar-refractivity contribution >= 4 is 5.52 Å². The maximum Gasteiger partial charge on any atom is 0.0883 e. The number of fused-ring (bicyclic) bond motifs is 1. The number of pyridine rings is 1. The van der Waals surface area contributed by atoms with Crippen molar-refractivity contribution in [2.45, 2.75) is 0 Å². The van der Waals surface area contributed by atoms with Gasteiger partial charge in [0.2, 0.25) is 0 Å². The van der Waals surface area contributed by atoms with Gasteiger partial charge in [-0.1, -0.05) is 6.07 Å². The molecule has 0 aliphatic carbocycles. The number of hydrogen-bond acceptors (Lipinski definition) is 1. The Kier molecular flexibility index (Phi) is 3.18. The van der Waals surface area contributed by atoms with E-state index in [2.05, 4.69) is 17.1 Å². The number of benzene rings is 1. The van der Waals surface area contributed by atoms with Crippen LogP contribution in [-0.4, -0.2) is 9.38 Å². The first kappa shape index (κ1) is 11.1. The van der Waals surface area contributed by atoms with Gasteiger partial charge in [-0.25, -0.2) is 0 Å². The monoisotopic (exact) mass is 386 g/mol. The van der Waals surface area contributed by atoms with Crippen molar-refractivity contribution in [1.82, 2.24) is 9.38 Å². The fourth-order valence-corrected chi connectivity index (χ4v) is 1.69. The minimum Gasteiger partial charge on any atom is -0.315 e. The summed E-state index contributed by atoms with van der Waals surface area (Å²) >= 11 is 0. The molecule has 0 unspecified atom stereocenters. The zero-order valence-corrected chi connectivity index (χ0v) is 10.8. The molecule has 0 saturated carbocycles. The van der Waals surface area contributed by atoms with Crippen molar-refractivity contribution in [3.8, 4) is 11.3 Å². The van der Waals surface area contributed by atoms with Crippen LogP contribution in [0.1, 0.15) is 0 Å². The van der Waals surface area contributed by atoms with Gasteiger partial charge in [0, 0.05) is 37.5 Å². The number of nitrogens with zero attached hydrogens (tertiary/aromatic N) is 2. The van der Waals surface area contributed by atoms with E-state index in [1.165, 1.54) is 0 Å². The van der Waals surface area contributed by atoms with Crippen molar-refractivity contribution in [1.29, 1.82) is 0 Å². The van der Waals surface area contributed by atoms with Crippen LogP contribution in [0.4, 0.5) is 0 Å². The Morgan fingerprint density at radius 3 is 2.75 bits per heavy atom. The predicted molar refractivity (Wildman–Crippen MR) is 59.5 cm³/mol. The summed E-state index contributed by atoms with van der Waals surface area (Å²) in [5.74, 6) is 0. The van der Waals surface area contributed by atoms with Crippen LogP contribution in [0.5, 0.6) is 0 Å². The summed E-state index contributed by atoms with van der Waals surface area (Å²) in [4.78, 5) is 4.40. The largest absolute Gasteiger partial charge is 0.315 e. The van der Waals surface area contributed by atoms with Crippen molar-refractivity contribution in [2.75, 3.05) is 0 Å². The van der Waals surface area contributed by atoms with E-state index >= 15 is 0 Å². The summed E-state index contributed by atoms with van der Waals surface area (Å²) in [6.45, 7) is 0. The average Bonchev–Trinajstić information content (AvgIpc) is 2.74. The standard InChI is InChI=1S/C13H9N2.Ir/c1-2-6-11(7-3-1)13-12-8-4-5-9-15(12)10-14-13;/h1-6,8-10H;/q-1;. The smallest absolute Gasteiger partial charge is 0.0883 e. The van der Waals surface area contributed by atoms with Gasteiger partial charge < -0.3 is 4.40 Å². The van der Waals surface area contributed by atoms with E-state index in [4.69, 9.17) is 0 Å². The summed E-state index contributed by atoms with van der Waals surface area (Å²) in [6.07, 6.45) is 3.82. The molecule has 16 heavy (non-hydrogen) atoms. The minimum atomic E-state index is 0. The van der Waals surface area contributed by atoms with Crippen LogP contribution in [0.25, 0.3) is 16.8 Å². The zero-order valence-electron chi connectivity index (χ0n) is 8.42. The summed E-state index contributed by atoms with van der Waals surface area (Å²) in [5, 5.41) is 0. The molecule has 3 rings (SSSR count). The second-order valence-electron chi connectivity index (χ2n) is 3.36. The molecule has 0 aliphatic heterocycles. The van der Waals surface area contributed by atoms with Gasteiger partial charge in [-0.3, -0.25) is 4.98 Å². The summed E-state index contributed by atoms with van der Waals surface area (Å²) < 4.78 is 2.01. The van der Waals surface area contributed by atoms with Gasteiger partial charge in [-0.2, -0.15) is 0 Å². The fourth-order valence-electron chi connectivity index (χ4n) is 1.69. The van der Waals surface area contributed by atoms with E-state index in [0.717, 1.165) is 16.8 Å². The molecule has 0 saturated heterocycles. The topological polar surface area (TPSA) is 17.3 Å². The van der Waals surface area contributed by atoms with Gasteiger partial charge in [0.1, 0.15) is 0 Å². The molecule has 0 atom stereocenters. The molecular formula is C13H9IrN2-. The number of aromatic nitrogens is 2. The first-order chi connectivity index (χ1) is 7.45. The van der Waals surface area contributed by atoms with Gasteiger partial charge in [-0.05, 0) is 12.1 Å². The zero-order chi connectivity index (χ0) is 10.1. The summed E-state index contributed by atoms with van der Waals surface area (Å²) in [7, 11) is 0. The second-order valence-corrected chi connectivity index (χ2v) is 3.36. The van der Waals surface area contributed by atoms with Crippen molar-refractivity contribution in [3.63, 3.8) is 0 Å². The molecule has 81 valence electrons. The van der Waals surface area contributed by atoms with Crippen LogP contribution in [0.2, 0.25) is 0 Å². The molecule has 1 aromatic carbocycles. The summed E-state index contributed by atoms with van der Waals surface area (Å²) in [5.41, 5.74) is 3.13. The molecule has 0 N–H and O–H groups in total. The van der Waals surface area contributed by atoms with Gasteiger partial charge in [0.05, 0.1) is 6.33 Å². The van der Waals surface area contributed by atoms with Crippen LogP contribution in [0, 0.1) is 6.07 Å². The Hall–Kier alpha value is -1.44. The quantitative estimate of drug-likeness (QED) is 0.589. The van der Waals surface area contributed by atoms with E-state index in [-0.39, 0.29) is 20.1 Å². The Labute approximate surface area is 107 Å². The van der Waals surface area contributed by atoms with Gasteiger partial charge >= 0.3 is 0 Å². The van der Waals surface area contributed by atoms with E-state index in [1.807, 2.05) is 53.3 Å². The Morgan fingerprint density at radius 2 is 1.94 bits per heavy atom. The van der Waals surface area contributed by atoms with Crippen molar-refractivity contribution < 1.29 is 20.1 Å². The first-order valence-corrected chi connectivity index (χ1v) is 4.84. The molecule has 2 nitrogen and oxygen atoms in total. The van der Waals surface area contributed by atoms with E-state index in [1.54, 1.807) is 0 Å². The maximum absolute atomic E-state index is 4.40. The molecule has 0 aliphatic rings. The van der Waals surface area contributed by atoms with Crippen LogP contribution >= 0.6 is 0 Å². The fraction of sp³-hybridized carbons (Fsp3) is 0. The van der Waals surface area contributed by atoms with E-state index in [0.29, 0.717) is 0 Å². The van der Waals surface area contributed by atoms with Crippen LogP contribution < -0.4 is 0 Å². The molecule has 3 aromatic rings. The predicted octanol–water partition coefficient (Wildman–Crippen LogP) is 2.80. The van der Waals surface area contributed by atoms with Crippen LogP contribution in [0.3, 0.4) is 0 Å². The van der Waals surface area contributed by atoms with Gasteiger partial charge in [-0.15, -0.1) is 35.9 Å². The van der Waals surface area contributed by atoms with Crippen molar-refractivity contribution in [2.24, 2.45) is 0 Å². The summed E-state index contributed by atoms with van der Waals surface area (Å²) in [6, 6.07) is 17.1. The molecule has 2 heterocycles. The molecule has 0 amide bonds. The Morgan fingerprint density at radius 1 is 1.06 bits per heavy atom. The Balaban J connectivity index is 0.000000963. The van der Waals surface area contributed by atoms with Crippen molar-refractivity contribution in [3.05, 3.63) is 61.1 Å². The van der Waals surface area contributed by atoms with E-state index < -0.39 is 0 Å². The second kappa shape index (κ2) is 4.60. The average molecular weight is 385 g/mol. The third kappa shape index (κ3) is 1.80. The molecule has 0 bridgehead atoms. The van der Waals surface area contributed by atoms with Gasteiger partial charge in [0.25, 0.3) is 0 Å². The molecule has 0 spiro atoms. The van der Waals surface area contributed by atoms with Gasteiger partial charge in [0.15, 0.2) is 0 Å². The SMILES string of the molecule is [Ir].[c-]1ccccc1-c1ncn2ccccc12. The third-order valence-electron chi connectivity index (χ3n) is 2.41. The molecule has 2 aromatic heterocycles. The number of hydrogen-bond donors (Lipinski definition) is 0. The number of rotatable bonds is 1. The third-order valence-corrected chi connectivity index (χ3v) is 2.41. The van der Waals surface area contributed by atoms with E-state index in [9.17, 15) is 0 Å². The van der Waals surface area contributed by atoms with Crippen LogP contribution in [0.15, 0.2) is 55.0 Å². The molecular weight excluding hydrogens is 376 g/mol. The molecule has 1 radical (unpaired) electrons. The first-order valence-electron chi connectivity index (χ1n) is 4.84. The number of imidazole rings is 1. The Bertz CT molecular complexity index is 587. The minimum absolute atomic E-state index is 0.